The van der Waals surface area contributed by atoms with Crippen LogP contribution in [0.4, 0.5) is 0 Å². The van der Waals surface area contributed by atoms with E-state index in [1.54, 1.807) is 6.07 Å². The number of rotatable bonds is 4. The first kappa shape index (κ1) is 11.8. The number of hydrogen-bond acceptors (Lipinski definition) is 4. The lowest BCUT2D eigenvalue weighted by molar-refractivity contribution is 0.579. The van der Waals surface area contributed by atoms with Crippen LogP contribution in [-0.4, -0.2) is 9.55 Å². The van der Waals surface area contributed by atoms with Crippen LogP contribution in [0.3, 0.4) is 0 Å². The Morgan fingerprint density at radius 2 is 2.35 bits per heavy atom. The fraction of sp³-hybridized carbons (Fsp3) is 0.417. The smallest absolute Gasteiger partial charge is 0.272 e. The minimum Gasteiger partial charge on any atom is -0.283 e. The van der Waals surface area contributed by atoms with Crippen LogP contribution in [0.25, 0.3) is 10.2 Å². The summed E-state index contributed by atoms with van der Waals surface area (Å²) in [7, 11) is 0. The molecule has 0 atom stereocenters. The Labute approximate surface area is 103 Å². The van der Waals surface area contributed by atoms with Crippen LogP contribution < -0.4 is 5.56 Å². The lowest BCUT2D eigenvalue weighted by atomic mass is 10.2. The molecule has 17 heavy (non-hydrogen) atoms. The summed E-state index contributed by atoms with van der Waals surface area (Å²) in [5.74, 6) is 0.219. The van der Waals surface area contributed by atoms with E-state index in [1.807, 2.05) is 11.4 Å². The molecule has 0 bridgehead atoms. The number of unbranched alkanes of at least 4 members (excludes halogenated alkanes) is 2. The van der Waals surface area contributed by atoms with Crippen molar-refractivity contribution in [1.82, 2.24) is 9.55 Å². The maximum absolute atomic E-state index is 12.1. The number of fused-ring (bicyclic) bond motifs is 1. The van der Waals surface area contributed by atoms with E-state index in [4.69, 9.17) is 5.26 Å². The fourth-order valence-electron chi connectivity index (χ4n) is 1.76. The van der Waals surface area contributed by atoms with Gasteiger partial charge >= 0.3 is 0 Å². The molecule has 0 saturated carbocycles. The molecule has 2 aromatic rings. The molecule has 0 spiro atoms. The Bertz CT molecular complexity index is 621. The van der Waals surface area contributed by atoms with Crippen molar-refractivity contribution in [1.29, 1.82) is 5.26 Å². The molecular formula is C12H13N3OS. The highest BCUT2D eigenvalue weighted by atomic mass is 32.1. The first-order chi connectivity index (χ1) is 8.27. The maximum Gasteiger partial charge on any atom is 0.272 e. The Morgan fingerprint density at radius 1 is 1.53 bits per heavy atom. The predicted molar refractivity (Wildman–Crippen MR) is 68.1 cm³/mol. The molecule has 0 aliphatic heterocycles. The summed E-state index contributed by atoms with van der Waals surface area (Å²) >= 11 is 1.38. The van der Waals surface area contributed by atoms with Gasteiger partial charge in [0.2, 0.25) is 5.82 Å². The Hall–Kier alpha value is -1.67. The van der Waals surface area contributed by atoms with Gasteiger partial charge in [0.05, 0.1) is 5.52 Å². The highest BCUT2D eigenvalue weighted by Crippen LogP contribution is 2.15. The van der Waals surface area contributed by atoms with Crippen molar-refractivity contribution in [2.24, 2.45) is 0 Å². The van der Waals surface area contributed by atoms with E-state index in [9.17, 15) is 4.79 Å². The second-order valence-corrected chi connectivity index (χ2v) is 4.76. The minimum absolute atomic E-state index is 0.0855. The second-order valence-electron chi connectivity index (χ2n) is 3.85. The van der Waals surface area contributed by atoms with Gasteiger partial charge in [-0.3, -0.25) is 9.36 Å². The topological polar surface area (TPSA) is 58.7 Å². The lowest BCUT2D eigenvalue weighted by Gasteiger charge is -2.06. The van der Waals surface area contributed by atoms with Crippen molar-refractivity contribution in [2.75, 3.05) is 0 Å². The number of thiophene rings is 1. The van der Waals surface area contributed by atoms with Crippen molar-refractivity contribution < 1.29 is 0 Å². The van der Waals surface area contributed by atoms with Crippen LogP contribution >= 0.6 is 11.3 Å². The molecule has 5 heteroatoms. The average molecular weight is 247 g/mol. The van der Waals surface area contributed by atoms with Crippen molar-refractivity contribution in [3.05, 3.63) is 27.6 Å². The molecule has 0 aliphatic rings. The van der Waals surface area contributed by atoms with E-state index in [0.717, 1.165) is 19.3 Å². The molecule has 0 fully saturated rings. The molecule has 4 nitrogen and oxygen atoms in total. The van der Waals surface area contributed by atoms with Gasteiger partial charge in [-0.15, -0.1) is 11.3 Å². The molecule has 2 heterocycles. The predicted octanol–water partition coefficient (Wildman–Crippen LogP) is 2.52. The van der Waals surface area contributed by atoms with E-state index in [1.165, 1.54) is 15.9 Å². The van der Waals surface area contributed by atoms with E-state index in [0.29, 0.717) is 16.8 Å². The van der Waals surface area contributed by atoms with Gasteiger partial charge in [-0.25, -0.2) is 4.98 Å². The number of aromatic nitrogens is 2. The number of hydrogen-bond donors (Lipinski definition) is 0. The first-order valence-electron chi connectivity index (χ1n) is 5.66. The third kappa shape index (κ3) is 2.22. The molecule has 0 saturated heterocycles. The van der Waals surface area contributed by atoms with Crippen molar-refractivity contribution in [2.45, 2.75) is 32.7 Å². The summed E-state index contributed by atoms with van der Waals surface area (Å²) in [6.07, 6.45) is 3.05. The first-order valence-corrected chi connectivity index (χ1v) is 6.54. The van der Waals surface area contributed by atoms with Crippen LogP contribution in [0, 0.1) is 11.3 Å². The number of nitrogens with zero attached hydrogens (tertiary/aromatic N) is 3. The molecular weight excluding hydrogens is 234 g/mol. The zero-order valence-corrected chi connectivity index (χ0v) is 10.5. The molecule has 0 unspecified atom stereocenters. The molecule has 0 radical (unpaired) electrons. The monoisotopic (exact) mass is 247 g/mol. The van der Waals surface area contributed by atoms with Crippen LogP contribution in [0.15, 0.2) is 16.2 Å². The van der Waals surface area contributed by atoms with Crippen molar-refractivity contribution in [3.63, 3.8) is 0 Å². The highest BCUT2D eigenvalue weighted by Gasteiger charge is 2.10. The van der Waals surface area contributed by atoms with Gasteiger partial charge in [-0.05, 0) is 17.9 Å². The Kier molecular flexibility index (Phi) is 3.55. The van der Waals surface area contributed by atoms with E-state index < -0.39 is 0 Å². The summed E-state index contributed by atoms with van der Waals surface area (Å²) in [6.45, 7) is 2.69. The highest BCUT2D eigenvalue weighted by molar-refractivity contribution is 7.17. The van der Waals surface area contributed by atoms with Gasteiger partial charge in [0.15, 0.2) is 0 Å². The zero-order valence-electron chi connectivity index (χ0n) is 9.64. The maximum atomic E-state index is 12.1. The molecule has 0 amide bonds. The summed E-state index contributed by atoms with van der Waals surface area (Å²) in [6, 6.07) is 3.78. The van der Waals surface area contributed by atoms with Crippen LogP contribution in [0.1, 0.15) is 32.0 Å². The zero-order chi connectivity index (χ0) is 12.3. The lowest BCUT2D eigenvalue weighted by Crippen LogP contribution is -2.23. The van der Waals surface area contributed by atoms with Gasteiger partial charge in [-0.1, -0.05) is 19.8 Å². The summed E-state index contributed by atoms with van der Waals surface area (Å²) in [4.78, 5) is 16.4. The number of nitriles is 1. The summed E-state index contributed by atoms with van der Waals surface area (Å²) in [5, 5.41) is 10.9. The second kappa shape index (κ2) is 5.11. The molecule has 0 aliphatic carbocycles. The van der Waals surface area contributed by atoms with Gasteiger partial charge < -0.3 is 0 Å². The van der Waals surface area contributed by atoms with Crippen LogP contribution in [-0.2, 0) is 6.54 Å². The standard InChI is InChI=1S/C12H13N3OS/c1-2-3-4-6-15-10(8-13)14-9-5-7-17-11(9)12(15)16/h5,7H,2-4,6H2,1H3. The average Bonchev–Trinajstić information content (AvgIpc) is 2.80. The normalized spacial score (nSPS) is 10.6. The van der Waals surface area contributed by atoms with Crippen molar-refractivity contribution >= 4 is 21.6 Å². The van der Waals surface area contributed by atoms with Crippen molar-refractivity contribution in [3.8, 4) is 6.07 Å². The summed E-state index contributed by atoms with van der Waals surface area (Å²) in [5.41, 5.74) is 0.543. The molecule has 2 aromatic heterocycles. The largest absolute Gasteiger partial charge is 0.283 e. The summed E-state index contributed by atoms with van der Waals surface area (Å²) < 4.78 is 2.13. The van der Waals surface area contributed by atoms with E-state index in [-0.39, 0.29) is 11.4 Å². The molecule has 0 aromatic carbocycles. The van der Waals surface area contributed by atoms with Gasteiger partial charge in [0.1, 0.15) is 10.8 Å². The third-order valence-corrected chi connectivity index (χ3v) is 3.54. The van der Waals surface area contributed by atoms with Crippen LogP contribution in [0.2, 0.25) is 0 Å². The van der Waals surface area contributed by atoms with Gasteiger partial charge in [0.25, 0.3) is 5.56 Å². The van der Waals surface area contributed by atoms with E-state index >= 15 is 0 Å². The SMILES string of the molecule is CCCCCn1c(C#N)nc2ccsc2c1=O. The molecule has 88 valence electrons. The molecule has 2 rings (SSSR count). The Balaban J connectivity index is 2.48. The van der Waals surface area contributed by atoms with Crippen LogP contribution in [0.5, 0.6) is 0 Å². The van der Waals surface area contributed by atoms with E-state index in [2.05, 4.69) is 11.9 Å². The van der Waals surface area contributed by atoms with Gasteiger partial charge in [0, 0.05) is 6.54 Å². The third-order valence-electron chi connectivity index (χ3n) is 2.65. The molecule has 0 N–H and O–H groups in total. The van der Waals surface area contributed by atoms with Gasteiger partial charge in [-0.2, -0.15) is 5.26 Å². The Morgan fingerprint density at radius 3 is 3.06 bits per heavy atom. The minimum atomic E-state index is -0.0855. The fourth-order valence-corrected chi connectivity index (χ4v) is 2.53. The quantitative estimate of drug-likeness (QED) is 0.780.